The van der Waals surface area contributed by atoms with Crippen molar-refractivity contribution in [1.82, 2.24) is 4.98 Å². The first-order chi connectivity index (χ1) is 12.0. The van der Waals surface area contributed by atoms with Crippen molar-refractivity contribution in [3.63, 3.8) is 0 Å². The summed E-state index contributed by atoms with van der Waals surface area (Å²) in [6, 6.07) is 8.89. The predicted octanol–water partition coefficient (Wildman–Crippen LogP) is 3.58. The fourth-order valence-corrected chi connectivity index (χ4v) is 4.97. The van der Waals surface area contributed by atoms with Gasteiger partial charge in [-0.1, -0.05) is 25.3 Å². The molecule has 25 heavy (non-hydrogen) atoms. The molecule has 0 unspecified atom stereocenters. The molecule has 0 radical (unpaired) electrons. The number of hydrogen-bond acceptors (Lipinski definition) is 4. The number of carbonyl (C=O) groups excluding carboxylic acids is 1. The molecule has 1 aliphatic rings. The van der Waals surface area contributed by atoms with Crippen molar-refractivity contribution in [2.45, 2.75) is 42.2 Å². The van der Waals surface area contributed by atoms with Crippen LogP contribution in [0, 0.1) is 5.95 Å². The van der Waals surface area contributed by atoms with Crippen LogP contribution in [0.15, 0.2) is 47.5 Å². The molecule has 1 aromatic heterocycles. The predicted molar refractivity (Wildman–Crippen MR) is 92.6 cm³/mol. The van der Waals surface area contributed by atoms with E-state index < -0.39 is 21.7 Å². The largest absolute Gasteiger partial charge is 0.322 e. The molecule has 132 valence electrons. The summed E-state index contributed by atoms with van der Waals surface area (Å²) >= 11 is 0. The number of hydrogen-bond donors (Lipinski definition) is 1. The van der Waals surface area contributed by atoms with Crippen LogP contribution in [0.3, 0.4) is 0 Å². The number of nitrogens with zero attached hydrogens (tertiary/aromatic N) is 1. The van der Waals surface area contributed by atoms with Crippen LogP contribution in [-0.4, -0.2) is 24.6 Å². The number of pyridine rings is 1. The summed E-state index contributed by atoms with van der Waals surface area (Å²) in [7, 11) is -3.43. The summed E-state index contributed by atoms with van der Waals surface area (Å²) in [4.78, 5) is 15.8. The molecule has 1 fully saturated rings. The zero-order valence-corrected chi connectivity index (χ0v) is 14.4. The molecule has 0 saturated heterocycles. The van der Waals surface area contributed by atoms with Crippen LogP contribution in [0.5, 0.6) is 0 Å². The lowest BCUT2D eigenvalue weighted by Gasteiger charge is -2.22. The summed E-state index contributed by atoms with van der Waals surface area (Å²) in [5.41, 5.74) is 0.119. The Morgan fingerprint density at radius 1 is 1.12 bits per heavy atom. The van der Waals surface area contributed by atoms with E-state index in [0.29, 0.717) is 18.5 Å². The molecule has 7 heteroatoms. The molecule has 1 aromatic carbocycles. The van der Waals surface area contributed by atoms with Crippen molar-refractivity contribution in [3.05, 3.63) is 54.1 Å². The van der Waals surface area contributed by atoms with Gasteiger partial charge in [-0.25, -0.2) is 13.4 Å². The van der Waals surface area contributed by atoms with Gasteiger partial charge in [0.15, 0.2) is 9.84 Å². The Morgan fingerprint density at radius 3 is 2.60 bits per heavy atom. The number of sulfone groups is 1. The van der Waals surface area contributed by atoms with E-state index >= 15 is 0 Å². The lowest BCUT2D eigenvalue weighted by atomic mass is 10.0. The highest BCUT2D eigenvalue weighted by Gasteiger charge is 2.29. The standard InChI is InChI=1S/C18H19FN2O3S/c19-17-16(10-5-11-20-17)18(22)21-13-6-4-9-15(12-13)25(23,24)14-7-2-1-3-8-14/h4-6,9-12,14H,1-3,7-8H2,(H,21,22). The van der Waals surface area contributed by atoms with E-state index in [4.69, 9.17) is 0 Å². The molecule has 3 rings (SSSR count). The van der Waals surface area contributed by atoms with E-state index in [9.17, 15) is 17.6 Å². The maximum atomic E-state index is 13.6. The summed E-state index contributed by atoms with van der Waals surface area (Å²) < 4.78 is 39.1. The lowest BCUT2D eigenvalue weighted by Crippen LogP contribution is -2.24. The van der Waals surface area contributed by atoms with Crippen LogP contribution in [0.1, 0.15) is 42.5 Å². The van der Waals surface area contributed by atoms with Gasteiger partial charge < -0.3 is 5.32 Å². The van der Waals surface area contributed by atoms with Gasteiger partial charge in [-0.05, 0) is 43.2 Å². The monoisotopic (exact) mass is 362 g/mol. The van der Waals surface area contributed by atoms with E-state index in [0.717, 1.165) is 19.3 Å². The van der Waals surface area contributed by atoms with Gasteiger partial charge in [-0.15, -0.1) is 0 Å². The molecule has 1 amide bonds. The molecule has 0 aliphatic heterocycles. The molecule has 0 atom stereocenters. The first kappa shape index (κ1) is 17.5. The van der Waals surface area contributed by atoms with Crippen LogP contribution in [-0.2, 0) is 9.84 Å². The summed E-state index contributed by atoms with van der Waals surface area (Å²) in [5, 5.41) is 2.16. The van der Waals surface area contributed by atoms with Gasteiger partial charge in [0.2, 0.25) is 5.95 Å². The van der Waals surface area contributed by atoms with Crippen molar-refractivity contribution in [3.8, 4) is 0 Å². The van der Waals surface area contributed by atoms with Crippen LogP contribution in [0.25, 0.3) is 0 Å². The molecule has 2 aromatic rings. The maximum Gasteiger partial charge on any atom is 0.260 e. The second-order valence-corrected chi connectivity index (χ2v) is 8.36. The SMILES string of the molecule is O=C(Nc1cccc(S(=O)(=O)C2CCCCC2)c1)c1cccnc1F. The minimum absolute atomic E-state index is 0.184. The Labute approximate surface area is 146 Å². The highest BCUT2D eigenvalue weighted by atomic mass is 32.2. The number of amides is 1. The van der Waals surface area contributed by atoms with E-state index in [1.807, 2.05) is 0 Å². The number of carbonyl (C=O) groups is 1. The average Bonchev–Trinajstić information content (AvgIpc) is 2.63. The smallest absolute Gasteiger partial charge is 0.260 e. The summed E-state index contributed by atoms with van der Waals surface area (Å²) in [5.74, 6) is -1.54. The molecule has 0 bridgehead atoms. The Hall–Kier alpha value is -2.28. The van der Waals surface area contributed by atoms with Crippen molar-refractivity contribution in [2.75, 3.05) is 5.32 Å². The van der Waals surface area contributed by atoms with Crippen LogP contribution >= 0.6 is 0 Å². The van der Waals surface area contributed by atoms with Crippen LogP contribution < -0.4 is 5.32 Å². The first-order valence-corrected chi connectivity index (χ1v) is 9.79. The maximum absolute atomic E-state index is 13.6. The zero-order valence-electron chi connectivity index (χ0n) is 13.6. The third kappa shape index (κ3) is 3.87. The van der Waals surface area contributed by atoms with Crippen molar-refractivity contribution in [2.24, 2.45) is 0 Å². The second-order valence-electron chi connectivity index (χ2n) is 6.13. The number of aromatic nitrogens is 1. The fourth-order valence-electron chi connectivity index (χ4n) is 3.07. The molecule has 5 nitrogen and oxygen atoms in total. The van der Waals surface area contributed by atoms with Gasteiger partial charge in [0.25, 0.3) is 5.91 Å². The number of anilines is 1. The van der Waals surface area contributed by atoms with Crippen molar-refractivity contribution in [1.29, 1.82) is 0 Å². The van der Waals surface area contributed by atoms with Crippen LogP contribution in [0.2, 0.25) is 0 Å². The van der Waals surface area contributed by atoms with Crippen LogP contribution in [0.4, 0.5) is 10.1 Å². The number of benzene rings is 1. The van der Waals surface area contributed by atoms with Crippen molar-refractivity contribution < 1.29 is 17.6 Å². The summed E-state index contributed by atoms with van der Waals surface area (Å²) in [6.07, 6.45) is 5.49. The quantitative estimate of drug-likeness (QED) is 0.844. The van der Waals surface area contributed by atoms with Crippen molar-refractivity contribution >= 4 is 21.4 Å². The molecule has 1 aliphatic carbocycles. The molecule has 1 saturated carbocycles. The Morgan fingerprint density at radius 2 is 1.88 bits per heavy atom. The van der Waals surface area contributed by atoms with Gasteiger partial charge in [0.1, 0.15) is 0 Å². The summed E-state index contributed by atoms with van der Waals surface area (Å²) in [6.45, 7) is 0. The van der Waals surface area contributed by atoms with Gasteiger partial charge in [0.05, 0.1) is 15.7 Å². The topological polar surface area (TPSA) is 76.1 Å². The number of nitrogens with one attached hydrogen (secondary N) is 1. The van der Waals surface area contributed by atoms with E-state index in [1.54, 1.807) is 12.1 Å². The minimum atomic E-state index is -3.43. The third-order valence-corrected chi connectivity index (χ3v) is 6.68. The molecule has 0 spiro atoms. The van der Waals surface area contributed by atoms with E-state index in [2.05, 4.69) is 10.3 Å². The molecule has 1 N–H and O–H groups in total. The van der Waals surface area contributed by atoms with Gasteiger partial charge >= 0.3 is 0 Å². The van der Waals surface area contributed by atoms with E-state index in [1.165, 1.54) is 30.5 Å². The normalized spacial score (nSPS) is 15.7. The third-order valence-electron chi connectivity index (χ3n) is 4.42. The van der Waals surface area contributed by atoms with E-state index in [-0.39, 0.29) is 15.7 Å². The number of halogens is 1. The minimum Gasteiger partial charge on any atom is -0.322 e. The Balaban J connectivity index is 1.82. The lowest BCUT2D eigenvalue weighted by molar-refractivity contribution is 0.102. The van der Waals surface area contributed by atoms with Gasteiger partial charge in [0, 0.05) is 11.9 Å². The van der Waals surface area contributed by atoms with Gasteiger partial charge in [-0.2, -0.15) is 4.39 Å². The molecular formula is C18H19FN2O3S. The Kier molecular flexibility index (Phi) is 5.13. The Bertz CT molecular complexity index is 877. The fraction of sp³-hybridized carbons (Fsp3) is 0.333. The molecular weight excluding hydrogens is 343 g/mol. The average molecular weight is 362 g/mol. The number of rotatable bonds is 4. The highest BCUT2D eigenvalue weighted by Crippen LogP contribution is 2.29. The first-order valence-electron chi connectivity index (χ1n) is 8.24. The van der Waals surface area contributed by atoms with Gasteiger partial charge in [-0.3, -0.25) is 4.79 Å². The molecule has 1 heterocycles. The second kappa shape index (κ2) is 7.31. The highest BCUT2D eigenvalue weighted by molar-refractivity contribution is 7.92. The zero-order chi connectivity index (χ0) is 17.9.